The molecule has 0 aliphatic heterocycles. The summed E-state index contributed by atoms with van der Waals surface area (Å²) >= 11 is 1.64. The summed E-state index contributed by atoms with van der Waals surface area (Å²) in [7, 11) is 4.08. The van der Waals surface area contributed by atoms with E-state index >= 15 is 0 Å². The maximum atomic E-state index is 5.95. The van der Waals surface area contributed by atoms with Gasteiger partial charge in [0.05, 0.1) is 11.4 Å². The molecule has 0 bridgehead atoms. The number of rotatable bonds is 6. The fraction of sp³-hybridized carbons (Fsp3) is 0.294. The molecule has 0 aliphatic carbocycles. The average Bonchev–Trinajstić information content (AvgIpc) is 2.42. The largest absolute Gasteiger partial charge is 0.489 e. The van der Waals surface area contributed by atoms with Crippen molar-refractivity contribution in [2.75, 3.05) is 32.1 Å². The maximum absolute atomic E-state index is 5.95. The molecule has 118 valence electrons. The van der Waals surface area contributed by atoms with E-state index in [0.29, 0.717) is 11.4 Å². The zero-order valence-electron chi connectivity index (χ0n) is 13.2. The second-order valence-electron chi connectivity index (χ2n) is 5.56. The monoisotopic (exact) mass is 317 g/mol. The summed E-state index contributed by atoms with van der Waals surface area (Å²) in [5.74, 6) is 0.878. The van der Waals surface area contributed by atoms with E-state index in [9.17, 15) is 0 Å². The van der Waals surface area contributed by atoms with Gasteiger partial charge in [-0.15, -0.1) is 0 Å². The lowest BCUT2D eigenvalue weighted by atomic mass is 10.3. The lowest BCUT2D eigenvalue weighted by Crippen LogP contribution is -2.27. The molecule has 2 rings (SSSR count). The third kappa shape index (κ3) is 4.86. The summed E-state index contributed by atoms with van der Waals surface area (Å²) in [6.45, 7) is 2.95. The number of hydrogen-bond donors (Lipinski definition) is 2. The van der Waals surface area contributed by atoms with Gasteiger partial charge in [-0.1, -0.05) is 17.8 Å². The number of likely N-dealkylation sites (N-methyl/N-ethyl adjacent to an activating group) is 1. The number of nitrogen functional groups attached to an aromatic ring is 2. The highest BCUT2D eigenvalue weighted by Crippen LogP contribution is 2.32. The molecule has 5 heteroatoms. The Morgan fingerprint density at radius 1 is 1.05 bits per heavy atom. The van der Waals surface area contributed by atoms with Crippen LogP contribution >= 0.6 is 11.8 Å². The number of benzene rings is 2. The van der Waals surface area contributed by atoms with Gasteiger partial charge in [0.15, 0.2) is 0 Å². The van der Waals surface area contributed by atoms with E-state index in [4.69, 9.17) is 16.2 Å². The van der Waals surface area contributed by atoms with Gasteiger partial charge in [0.25, 0.3) is 0 Å². The minimum atomic E-state index is 0.141. The summed E-state index contributed by atoms with van der Waals surface area (Å²) in [6.07, 6.45) is 0.141. The Bertz CT molecular complexity index is 631. The number of nitrogens with zero attached hydrogens (tertiary/aromatic N) is 1. The molecule has 2 aromatic rings. The van der Waals surface area contributed by atoms with Crippen LogP contribution < -0.4 is 16.2 Å². The molecular formula is C17H23N3OS. The first-order valence-electron chi connectivity index (χ1n) is 7.18. The summed E-state index contributed by atoms with van der Waals surface area (Å²) in [6, 6.07) is 13.8. The van der Waals surface area contributed by atoms with Crippen LogP contribution in [-0.4, -0.2) is 31.6 Å². The van der Waals surface area contributed by atoms with Crippen molar-refractivity contribution in [1.82, 2.24) is 4.90 Å². The molecule has 0 heterocycles. The molecular weight excluding hydrogens is 294 g/mol. The van der Waals surface area contributed by atoms with E-state index in [1.807, 2.05) is 50.5 Å². The van der Waals surface area contributed by atoms with Crippen molar-refractivity contribution in [2.24, 2.45) is 0 Å². The molecule has 0 aliphatic rings. The van der Waals surface area contributed by atoms with E-state index in [0.717, 1.165) is 22.1 Å². The van der Waals surface area contributed by atoms with Crippen LogP contribution in [0.2, 0.25) is 0 Å². The summed E-state index contributed by atoms with van der Waals surface area (Å²) in [4.78, 5) is 4.28. The highest BCUT2D eigenvalue weighted by molar-refractivity contribution is 7.99. The predicted octanol–water partition coefficient (Wildman–Crippen LogP) is 3.33. The molecule has 0 saturated carbocycles. The van der Waals surface area contributed by atoms with Crippen LogP contribution in [0.4, 0.5) is 11.4 Å². The van der Waals surface area contributed by atoms with Gasteiger partial charge in [0, 0.05) is 16.3 Å². The average molecular weight is 317 g/mol. The quantitative estimate of drug-likeness (QED) is 0.800. The van der Waals surface area contributed by atoms with Gasteiger partial charge in [0.1, 0.15) is 11.9 Å². The normalized spacial score (nSPS) is 12.4. The van der Waals surface area contributed by atoms with E-state index in [1.54, 1.807) is 11.8 Å². The standard InChI is InChI=1S/C17H23N3OS/c1-12(11-20(2)3)21-13-5-4-6-14(9-13)22-15-7-8-16(18)17(19)10-15/h4-10,12H,11,18-19H2,1-3H3. The van der Waals surface area contributed by atoms with Gasteiger partial charge < -0.3 is 21.1 Å². The van der Waals surface area contributed by atoms with Crippen LogP contribution in [0.5, 0.6) is 5.75 Å². The van der Waals surface area contributed by atoms with Crippen molar-refractivity contribution >= 4 is 23.1 Å². The van der Waals surface area contributed by atoms with Crippen molar-refractivity contribution < 1.29 is 4.74 Å². The van der Waals surface area contributed by atoms with Gasteiger partial charge >= 0.3 is 0 Å². The Balaban J connectivity index is 2.06. The maximum Gasteiger partial charge on any atom is 0.120 e. The first kappa shape index (κ1) is 16.5. The number of anilines is 2. The smallest absolute Gasteiger partial charge is 0.120 e. The van der Waals surface area contributed by atoms with Crippen molar-refractivity contribution in [3.63, 3.8) is 0 Å². The topological polar surface area (TPSA) is 64.5 Å². The lowest BCUT2D eigenvalue weighted by molar-refractivity contribution is 0.176. The van der Waals surface area contributed by atoms with E-state index in [-0.39, 0.29) is 6.10 Å². The molecule has 4 nitrogen and oxygen atoms in total. The van der Waals surface area contributed by atoms with E-state index in [1.165, 1.54) is 0 Å². The molecule has 0 saturated heterocycles. The van der Waals surface area contributed by atoms with Crippen molar-refractivity contribution in [1.29, 1.82) is 0 Å². The van der Waals surface area contributed by atoms with Gasteiger partial charge in [-0.25, -0.2) is 0 Å². The van der Waals surface area contributed by atoms with Crippen molar-refractivity contribution in [3.8, 4) is 5.75 Å². The highest BCUT2D eigenvalue weighted by atomic mass is 32.2. The van der Waals surface area contributed by atoms with Crippen molar-refractivity contribution in [3.05, 3.63) is 42.5 Å². The molecule has 1 unspecified atom stereocenters. The van der Waals surface area contributed by atoms with Crippen LogP contribution in [0.15, 0.2) is 52.3 Å². The van der Waals surface area contributed by atoms with Crippen LogP contribution in [-0.2, 0) is 0 Å². The van der Waals surface area contributed by atoms with Crippen LogP contribution in [0.3, 0.4) is 0 Å². The Hall–Kier alpha value is -1.85. The third-order valence-corrected chi connectivity index (χ3v) is 4.04. The summed E-state index contributed by atoms with van der Waals surface area (Å²) < 4.78 is 5.95. The van der Waals surface area contributed by atoms with Gasteiger partial charge in [-0.05, 0) is 57.4 Å². The molecule has 0 spiro atoms. The van der Waals surface area contributed by atoms with Crippen molar-refractivity contribution in [2.45, 2.75) is 22.8 Å². The van der Waals surface area contributed by atoms with Crippen LogP contribution in [0, 0.1) is 0 Å². The highest BCUT2D eigenvalue weighted by Gasteiger charge is 2.07. The van der Waals surface area contributed by atoms with Crippen LogP contribution in [0.1, 0.15) is 6.92 Å². The molecule has 0 amide bonds. The molecule has 1 atom stereocenters. The van der Waals surface area contributed by atoms with Crippen LogP contribution in [0.25, 0.3) is 0 Å². The fourth-order valence-corrected chi connectivity index (χ4v) is 3.06. The summed E-state index contributed by atoms with van der Waals surface area (Å²) in [5, 5.41) is 0. The minimum absolute atomic E-state index is 0.141. The summed E-state index contributed by atoms with van der Waals surface area (Å²) in [5.41, 5.74) is 12.8. The van der Waals surface area contributed by atoms with Gasteiger partial charge in [-0.2, -0.15) is 0 Å². The molecule has 4 N–H and O–H groups in total. The molecule has 0 aromatic heterocycles. The predicted molar refractivity (Wildman–Crippen MR) is 94.5 cm³/mol. The fourth-order valence-electron chi connectivity index (χ4n) is 2.15. The third-order valence-electron chi connectivity index (χ3n) is 3.06. The molecule has 0 radical (unpaired) electrons. The number of nitrogens with two attached hydrogens (primary N) is 2. The number of hydrogen-bond acceptors (Lipinski definition) is 5. The van der Waals surface area contributed by atoms with Gasteiger partial charge in [-0.3, -0.25) is 0 Å². The first-order valence-corrected chi connectivity index (χ1v) is 8.00. The Morgan fingerprint density at radius 2 is 1.77 bits per heavy atom. The van der Waals surface area contributed by atoms with Gasteiger partial charge in [0.2, 0.25) is 0 Å². The zero-order chi connectivity index (χ0) is 16.1. The second kappa shape index (κ2) is 7.42. The van der Waals surface area contributed by atoms with E-state index in [2.05, 4.69) is 17.9 Å². The first-order chi connectivity index (χ1) is 10.4. The molecule has 2 aromatic carbocycles. The zero-order valence-corrected chi connectivity index (χ0v) is 14.1. The Kier molecular flexibility index (Phi) is 5.57. The van der Waals surface area contributed by atoms with E-state index < -0.39 is 0 Å². The molecule has 22 heavy (non-hydrogen) atoms. The minimum Gasteiger partial charge on any atom is -0.489 e. The number of ether oxygens (including phenoxy) is 1. The Labute approximate surface area is 136 Å². The Morgan fingerprint density at radius 3 is 2.45 bits per heavy atom. The second-order valence-corrected chi connectivity index (χ2v) is 6.71. The molecule has 0 fully saturated rings. The SMILES string of the molecule is CC(CN(C)C)Oc1cccc(Sc2ccc(N)c(N)c2)c1. The lowest BCUT2D eigenvalue weighted by Gasteiger charge is -2.19.